The predicted octanol–water partition coefficient (Wildman–Crippen LogP) is 5.08. The van der Waals surface area contributed by atoms with Gasteiger partial charge in [-0.05, 0) is 58.3 Å². The number of anilines is 1. The van der Waals surface area contributed by atoms with E-state index in [1.165, 1.54) is 17.3 Å². The van der Waals surface area contributed by atoms with Gasteiger partial charge in [0.15, 0.2) is 5.50 Å². The van der Waals surface area contributed by atoms with Gasteiger partial charge in [-0.2, -0.15) is 0 Å². The number of phenolic OH excluding ortho intramolecular Hbond substituents is 1. The van der Waals surface area contributed by atoms with Crippen molar-refractivity contribution < 1.29 is 9.90 Å². The summed E-state index contributed by atoms with van der Waals surface area (Å²) in [7, 11) is 0. The molecule has 130 valence electrons. The zero-order chi connectivity index (χ0) is 18.0. The minimum absolute atomic E-state index is 0.107. The number of hydrogen-bond acceptors (Lipinski definition) is 4. The van der Waals surface area contributed by atoms with Crippen LogP contribution in [0.3, 0.4) is 0 Å². The molecule has 0 aromatic heterocycles. The molecule has 0 aliphatic carbocycles. The van der Waals surface area contributed by atoms with Crippen LogP contribution in [0.25, 0.3) is 6.08 Å². The number of aromatic hydroxyl groups is 1. The summed E-state index contributed by atoms with van der Waals surface area (Å²) in [6.07, 6.45) is 2.68. The standard InChI is InChI=1S/C18H16Br2N2O2S/c1-2-10-3-5-13(6-4-10)21-18-22-17(24)15(25-18)8-11-7-12(19)9-14(20)16(11)23/h3-9,18,21,23H,2H2,1H3,(H,22,24)/b15-8-/t18-/m0/s1. The van der Waals surface area contributed by atoms with Crippen molar-refractivity contribution in [2.45, 2.75) is 18.8 Å². The molecule has 0 unspecified atom stereocenters. The van der Waals surface area contributed by atoms with Crippen molar-refractivity contribution in [2.75, 3.05) is 5.32 Å². The first-order valence-electron chi connectivity index (χ1n) is 7.69. The van der Waals surface area contributed by atoms with Crippen LogP contribution in [0.15, 0.2) is 50.2 Å². The molecule has 0 bridgehead atoms. The number of aryl methyl sites for hydroxylation is 1. The minimum Gasteiger partial charge on any atom is -0.506 e. The van der Waals surface area contributed by atoms with Gasteiger partial charge >= 0.3 is 0 Å². The largest absolute Gasteiger partial charge is 0.506 e. The average Bonchev–Trinajstić information content (AvgIpc) is 2.92. The Bertz CT molecular complexity index is 838. The number of carbonyl (C=O) groups is 1. The summed E-state index contributed by atoms with van der Waals surface area (Å²) in [5.41, 5.74) is 2.55. The lowest BCUT2D eigenvalue weighted by Crippen LogP contribution is -2.30. The maximum atomic E-state index is 12.2. The van der Waals surface area contributed by atoms with Crippen molar-refractivity contribution in [3.63, 3.8) is 0 Å². The van der Waals surface area contributed by atoms with Gasteiger partial charge in [-0.25, -0.2) is 0 Å². The molecule has 1 amide bonds. The minimum atomic E-state index is -0.246. The van der Waals surface area contributed by atoms with E-state index in [0.717, 1.165) is 16.6 Å². The molecule has 1 aliphatic heterocycles. The van der Waals surface area contributed by atoms with E-state index in [4.69, 9.17) is 0 Å². The fraction of sp³-hybridized carbons (Fsp3) is 0.167. The van der Waals surface area contributed by atoms with Crippen LogP contribution in [-0.4, -0.2) is 16.5 Å². The van der Waals surface area contributed by atoms with Gasteiger partial charge in [0.05, 0.1) is 9.38 Å². The van der Waals surface area contributed by atoms with E-state index < -0.39 is 0 Å². The van der Waals surface area contributed by atoms with Crippen molar-refractivity contribution in [1.29, 1.82) is 0 Å². The summed E-state index contributed by atoms with van der Waals surface area (Å²) < 4.78 is 1.39. The number of thioether (sulfide) groups is 1. The van der Waals surface area contributed by atoms with Gasteiger partial charge in [0, 0.05) is 15.7 Å². The Morgan fingerprint density at radius 2 is 2.00 bits per heavy atom. The molecule has 0 spiro atoms. The van der Waals surface area contributed by atoms with Crippen LogP contribution >= 0.6 is 43.6 Å². The first-order valence-corrected chi connectivity index (χ1v) is 10.2. The zero-order valence-electron chi connectivity index (χ0n) is 13.3. The summed E-state index contributed by atoms with van der Waals surface area (Å²) >= 11 is 8.08. The highest BCUT2D eigenvalue weighted by atomic mass is 79.9. The molecular formula is C18H16Br2N2O2S. The molecule has 1 aliphatic rings. The quantitative estimate of drug-likeness (QED) is 0.530. The number of nitrogens with one attached hydrogen (secondary N) is 2. The highest BCUT2D eigenvalue weighted by Crippen LogP contribution is 2.36. The average molecular weight is 484 g/mol. The van der Waals surface area contributed by atoms with E-state index in [-0.39, 0.29) is 17.2 Å². The van der Waals surface area contributed by atoms with Crippen LogP contribution in [-0.2, 0) is 11.2 Å². The highest BCUT2D eigenvalue weighted by Gasteiger charge is 2.27. The third-order valence-corrected chi connectivity index (χ3v) is 5.83. The van der Waals surface area contributed by atoms with Crippen LogP contribution in [0.4, 0.5) is 5.69 Å². The van der Waals surface area contributed by atoms with Gasteiger partial charge in [-0.15, -0.1) is 0 Å². The lowest BCUT2D eigenvalue weighted by atomic mass is 10.1. The molecule has 2 aromatic carbocycles. The first-order chi connectivity index (χ1) is 12.0. The van der Waals surface area contributed by atoms with Crippen molar-refractivity contribution in [3.05, 3.63) is 61.4 Å². The van der Waals surface area contributed by atoms with Gasteiger partial charge in [0.2, 0.25) is 0 Å². The van der Waals surface area contributed by atoms with Crippen molar-refractivity contribution >= 4 is 61.3 Å². The Kier molecular flexibility index (Phi) is 5.76. The fourth-order valence-corrected chi connectivity index (χ4v) is 4.62. The van der Waals surface area contributed by atoms with Crippen LogP contribution in [0.5, 0.6) is 5.75 Å². The first kappa shape index (κ1) is 18.4. The van der Waals surface area contributed by atoms with E-state index in [1.54, 1.807) is 18.2 Å². The number of benzene rings is 2. The Balaban J connectivity index is 1.76. The molecule has 0 saturated carbocycles. The van der Waals surface area contributed by atoms with Gasteiger partial charge in [0.1, 0.15) is 5.75 Å². The van der Waals surface area contributed by atoms with Crippen LogP contribution < -0.4 is 10.6 Å². The van der Waals surface area contributed by atoms with Crippen LogP contribution in [0, 0.1) is 0 Å². The summed E-state index contributed by atoms with van der Waals surface area (Å²) in [5, 5.41) is 16.3. The second-order valence-corrected chi connectivity index (χ2v) is 8.42. The molecular weight excluding hydrogens is 468 g/mol. The molecule has 4 nitrogen and oxygen atoms in total. The highest BCUT2D eigenvalue weighted by molar-refractivity contribution is 9.11. The molecule has 7 heteroatoms. The van der Waals surface area contributed by atoms with Crippen LogP contribution in [0.1, 0.15) is 18.1 Å². The topological polar surface area (TPSA) is 61.4 Å². The number of halogens is 2. The van der Waals surface area contributed by atoms with Crippen molar-refractivity contribution in [2.24, 2.45) is 0 Å². The Morgan fingerprint density at radius 3 is 2.68 bits per heavy atom. The molecule has 1 saturated heterocycles. The summed E-state index contributed by atoms with van der Waals surface area (Å²) in [5.74, 6) is -0.0566. The number of carbonyl (C=O) groups excluding carboxylic acids is 1. The van der Waals surface area contributed by atoms with E-state index in [2.05, 4.69) is 61.5 Å². The molecule has 2 aromatic rings. The van der Waals surface area contributed by atoms with Crippen LogP contribution in [0.2, 0.25) is 0 Å². The normalized spacial score (nSPS) is 18.4. The van der Waals surface area contributed by atoms with Crippen molar-refractivity contribution in [1.82, 2.24) is 5.32 Å². The van der Waals surface area contributed by atoms with Gasteiger partial charge in [-0.1, -0.05) is 46.7 Å². The molecule has 0 radical (unpaired) electrons. The number of hydrogen-bond donors (Lipinski definition) is 3. The Hall–Kier alpha value is -1.44. The molecule has 3 rings (SSSR count). The third-order valence-electron chi connectivity index (χ3n) is 3.74. The predicted molar refractivity (Wildman–Crippen MR) is 110 cm³/mol. The SMILES string of the molecule is CCc1ccc(N[C@H]2NC(=O)/C(=C/c3cc(Br)cc(Br)c3O)S2)cc1. The van der Waals surface area contributed by atoms with Gasteiger partial charge < -0.3 is 15.7 Å². The van der Waals surface area contributed by atoms with E-state index in [0.29, 0.717) is 14.9 Å². The molecule has 1 fully saturated rings. The number of rotatable bonds is 4. The summed E-state index contributed by atoms with van der Waals surface area (Å²) in [4.78, 5) is 12.8. The number of amides is 1. The van der Waals surface area contributed by atoms with Gasteiger partial charge in [0.25, 0.3) is 5.91 Å². The van der Waals surface area contributed by atoms with Gasteiger partial charge in [-0.3, -0.25) is 4.79 Å². The lowest BCUT2D eigenvalue weighted by Gasteiger charge is -2.12. The molecule has 25 heavy (non-hydrogen) atoms. The maximum absolute atomic E-state index is 12.2. The maximum Gasteiger partial charge on any atom is 0.260 e. The second kappa shape index (κ2) is 7.85. The Morgan fingerprint density at radius 1 is 1.28 bits per heavy atom. The third kappa shape index (κ3) is 4.40. The lowest BCUT2D eigenvalue weighted by molar-refractivity contribution is -0.116. The molecule has 1 heterocycles. The fourth-order valence-electron chi connectivity index (χ4n) is 2.39. The smallest absolute Gasteiger partial charge is 0.260 e. The van der Waals surface area contributed by atoms with E-state index in [9.17, 15) is 9.90 Å². The second-order valence-electron chi connectivity index (χ2n) is 5.50. The molecule has 3 N–H and O–H groups in total. The zero-order valence-corrected chi connectivity index (χ0v) is 17.3. The van der Waals surface area contributed by atoms with Crippen molar-refractivity contribution in [3.8, 4) is 5.75 Å². The summed E-state index contributed by atoms with van der Waals surface area (Å²) in [6.45, 7) is 2.11. The number of phenols is 1. The van der Waals surface area contributed by atoms with E-state index in [1.807, 2.05) is 12.1 Å². The molecule has 1 atom stereocenters. The monoisotopic (exact) mass is 482 g/mol. The Labute approximate surface area is 167 Å². The van der Waals surface area contributed by atoms with E-state index >= 15 is 0 Å². The summed E-state index contributed by atoms with van der Waals surface area (Å²) in [6, 6.07) is 11.7.